The second-order valence-electron chi connectivity index (χ2n) is 4.74. The Morgan fingerprint density at radius 2 is 1.78 bits per heavy atom. The van der Waals surface area contributed by atoms with Crippen molar-refractivity contribution in [1.82, 2.24) is 0 Å². The topological polar surface area (TPSA) is 55.4 Å². The standard InChI is InChI=1S/C17H16ClNO3S/c1-11(16(20)19-13-9-7-12(18)8-10-13)22-17(21)14-5-3-4-6-15(14)23-2/h3-11H,1-2H3,(H,19,20)/t11-/m0/s1. The predicted octanol–water partition coefficient (Wildman–Crippen LogP) is 4.25. The summed E-state index contributed by atoms with van der Waals surface area (Å²) in [7, 11) is 0. The summed E-state index contributed by atoms with van der Waals surface area (Å²) in [6, 6.07) is 13.8. The number of esters is 1. The minimum absolute atomic E-state index is 0.401. The minimum Gasteiger partial charge on any atom is -0.449 e. The molecule has 0 heterocycles. The van der Waals surface area contributed by atoms with E-state index in [1.165, 1.54) is 18.7 Å². The fourth-order valence-corrected chi connectivity index (χ4v) is 2.58. The SMILES string of the molecule is CSc1ccccc1C(=O)O[C@@H](C)C(=O)Nc1ccc(Cl)cc1. The normalized spacial score (nSPS) is 11.6. The molecule has 23 heavy (non-hydrogen) atoms. The monoisotopic (exact) mass is 349 g/mol. The Kier molecular flexibility index (Phi) is 6.07. The average Bonchev–Trinajstić information content (AvgIpc) is 2.56. The van der Waals surface area contributed by atoms with Crippen LogP contribution >= 0.6 is 23.4 Å². The molecule has 0 spiro atoms. The van der Waals surface area contributed by atoms with Gasteiger partial charge < -0.3 is 10.1 Å². The first-order chi connectivity index (χ1) is 11.0. The molecular formula is C17H16ClNO3S. The second-order valence-corrected chi connectivity index (χ2v) is 6.03. The number of thioether (sulfide) groups is 1. The van der Waals surface area contributed by atoms with Crippen LogP contribution in [0.5, 0.6) is 0 Å². The number of carbonyl (C=O) groups is 2. The van der Waals surface area contributed by atoms with E-state index in [-0.39, 0.29) is 0 Å². The third-order valence-electron chi connectivity index (χ3n) is 3.09. The van der Waals surface area contributed by atoms with Crippen LogP contribution in [-0.2, 0) is 9.53 Å². The molecule has 2 aromatic rings. The summed E-state index contributed by atoms with van der Waals surface area (Å²) in [5.41, 5.74) is 1.04. The Hall–Kier alpha value is -1.98. The smallest absolute Gasteiger partial charge is 0.340 e. The lowest BCUT2D eigenvalue weighted by molar-refractivity contribution is -0.123. The highest BCUT2D eigenvalue weighted by molar-refractivity contribution is 7.98. The number of ether oxygens (including phenoxy) is 1. The van der Waals surface area contributed by atoms with Crippen molar-refractivity contribution in [2.24, 2.45) is 0 Å². The first-order valence-corrected chi connectivity index (χ1v) is 8.52. The molecule has 0 bridgehead atoms. The molecule has 0 unspecified atom stereocenters. The van der Waals surface area contributed by atoms with Crippen LogP contribution in [0.25, 0.3) is 0 Å². The zero-order chi connectivity index (χ0) is 16.8. The largest absolute Gasteiger partial charge is 0.449 e. The van der Waals surface area contributed by atoms with Gasteiger partial charge in [0.25, 0.3) is 5.91 Å². The third-order valence-corrected chi connectivity index (χ3v) is 4.14. The summed E-state index contributed by atoms with van der Waals surface area (Å²) in [5.74, 6) is -0.920. The van der Waals surface area contributed by atoms with E-state index < -0.39 is 18.0 Å². The molecule has 1 amide bonds. The fourth-order valence-electron chi connectivity index (χ4n) is 1.87. The van der Waals surface area contributed by atoms with Crippen molar-refractivity contribution in [3.63, 3.8) is 0 Å². The molecule has 0 aliphatic heterocycles. The van der Waals surface area contributed by atoms with Crippen LogP contribution in [0, 0.1) is 0 Å². The summed E-state index contributed by atoms with van der Waals surface area (Å²) < 4.78 is 5.25. The summed E-state index contributed by atoms with van der Waals surface area (Å²) in [6.45, 7) is 1.53. The Balaban J connectivity index is 2.00. The van der Waals surface area contributed by atoms with Gasteiger partial charge in [-0.2, -0.15) is 0 Å². The van der Waals surface area contributed by atoms with Crippen LogP contribution < -0.4 is 5.32 Å². The maximum Gasteiger partial charge on any atom is 0.340 e. The van der Waals surface area contributed by atoms with Crippen molar-refractivity contribution < 1.29 is 14.3 Å². The van der Waals surface area contributed by atoms with E-state index in [2.05, 4.69) is 5.32 Å². The summed E-state index contributed by atoms with van der Waals surface area (Å²) in [4.78, 5) is 25.1. The zero-order valence-electron chi connectivity index (χ0n) is 12.7. The fraction of sp³-hybridized carbons (Fsp3) is 0.176. The number of amides is 1. The van der Waals surface area contributed by atoms with Crippen LogP contribution in [0.15, 0.2) is 53.4 Å². The third kappa shape index (κ3) is 4.74. The van der Waals surface area contributed by atoms with Gasteiger partial charge in [-0.3, -0.25) is 4.79 Å². The number of benzene rings is 2. The number of rotatable bonds is 5. The van der Waals surface area contributed by atoms with Crippen LogP contribution in [0.4, 0.5) is 5.69 Å². The van der Waals surface area contributed by atoms with Crippen molar-refractivity contribution in [3.05, 3.63) is 59.1 Å². The summed E-state index contributed by atoms with van der Waals surface area (Å²) in [6.07, 6.45) is 0.969. The number of hydrogen-bond acceptors (Lipinski definition) is 4. The van der Waals surface area contributed by atoms with E-state index in [9.17, 15) is 9.59 Å². The van der Waals surface area contributed by atoms with Crippen molar-refractivity contribution in [1.29, 1.82) is 0 Å². The maximum absolute atomic E-state index is 12.2. The van der Waals surface area contributed by atoms with Crippen LogP contribution in [-0.4, -0.2) is 24.2 Å². The van der Waals surface area contributed by atoms with Gasteiger partial charge in [0, 0.05) is 15.6 Å². The molecule has 4 nitrogen and oxygen atoms in total. The lowest BCUT2D eigenvalue weighted by Gasteiger charge is -2.14. The second kappa shape index (κ2) is 8.04. The van der Waals surface area contributed by atoms with Crippen molar-refractivity contribution >= 4 is 40.9 Å². The van der Waals surface area contributed by atoms with Gasteiger partial charge in [0.05, 0.1) is 5.56 Å². The van der Waals surface area contributed by atoms with E-state index in [1.54, 1.807) is 36.4 Å². The number of carbonyl (C=O) groups excluding carboxylic acids is 2. The summed E-state index contributed by atoms with van der Waals surface area (Å²) >= 11 is 7.24. The first-order valence-electron chi connectivity index (χ1n) is 6.91. The van der Waals surface area contributed by atoms with Gasteiger partial charge in [0.1, 0.15) is 0 Å². The molecule has 2 aromatic carbocycles. The first kappa shape index (κ1) is 17.4. The molecule has 0 saturated heterocycles. The highest BCUT2D eigenvalue weighted by atomic mass is 35.5. The molecule has 2 rings (SSSR count). The lowest BCUT2D eigenvalue weighted by Crippen LogP contribution is -2.30. The number of halogens is 1. The van der Waals surface area contributed by atoms with Crippen molar-refractivity contribution in [2.45, 2.75) is 17.9 Å². The molecular weight excluding hydrogens is 334 g/mol. The van der Waals surface area contributed by atoms with E-state index in [1.807, 2.05) is 18.4 Å². The van der Waals surface area contributed by atoms with Crippen molar-refractivity contribution in [3.8, 4) is 0 Å². The van der Waals surface area contributed by atoms with E-state index in [4.69, 9.17) is 16.3 Å². The molecule has 0 aromatic heterocycles. The van der Waals surface area contributed by atoms with E-state index in [0.29, 0.717) is 16.3 Å². The number of hydrogen-bond donors (Lipinski definition) is 1. The lowest BCUT2D eigenvalue weighted by atomic mass is 10.2. The molecule has 120 valence electrons. The maximum atomic E-state index is 12.2. The average molecular weight is 350 g/mol. The summed E-state index contributed by atoms with van der Waals surface area (Å²) in [5, 5.41) is 3.25. The molecule has 0 fully saturated rings. The zero-order valence-corrected chi connectivity index (χ0v) is 14.3. The molecule has 0 radical (unpaired) electrons. The minimum atomic E-state index is -0.909. The Bertz CT molecular complexity index is 703. The van der Waals surface area contributed by atoms with Gasteiger partial charge in [-0.05, 0) is 49.6 Å². The van der Waals surface area contributed by atoms with Gasteiger partial charge in [-0.15, -0.1) is 11.8 Å². The van der Waals surface area contributed by atoms with Gasteiger partial charge in [0.15, 0.2) is 6.10 Å². The number of anilines is 1. The van der Waals surface area contributed by atoms with Gasteiger partial charge in [-0.25, -0.2) is 4.79 Å². The molecule has 1 N–H and O–H groups in total. The molecule has 6 heteroatoms. The van der Waals surface area contributed by atoms with Crippen LogP contribution in [0.2, 0.25) is 5.02 Å². The van der Waals surface area contributed by atoms with Gasteiger partial charge >= 0.3 is 5.97 Å². The highest BCUT2D eigenvalue weighted by Crippen LogP contribution is 2.21. The van der Waals surface area contributed by atoms with E-state index >= 15 is 0 Å². The molecule has 0 aliphatic carbocycles. The Morgan fingerprint density at radius 1 is 1.13 bits per heavy atom. The number of nitrogens with one attached hydrogen (secondary N) is 1. The molecule has 1 atom stereocenters. The van der Waals surface area contributed by atoms with Gasteiger partial charge in [-0.1, -0.05) is 23.7 Å². The van der Waals surface area contributed by atoms with Gasteiger partial charge in [0.2, 0.25) is 0 Å². The Labute approximate surface area is 144 Å². The highest BCUT2D eigenvalue weighted by Gasteiger charge is 2.20. The van der Waals surface area contributed by atoms with Crippen LogP contribution in [0.1, 0.15) is 17.3 Å². The predicted molar refractivity (Wildman–Crippen MR) is 93.2 cm³/mol. The quantitative estimate of drug-likeness (QED) is 0.647. The van der Waals surface area contributed by atoms with E-state index in [0.717, 1.165) is 4.90 Å². The molecule has 0 saturated carbocycles. The van der Waals surface area contributed by atoms with Crippen molar-refractivity contribution in [2.75, 3.05) is 11.6 Å². The van der Waals surface area contributed by atoms with Crippen LogP contribution in [0.3, 0.4) is 0 Å². The Morgan fingerprint density at radius 3 is 2.43 bits per heavy atom. The molecule has 0 aliphatic rings.